The molecule has 1 aliphatic rings. The molecule has 1 aliphatic heterocycles. The standard InChI is InChI=1S/C18H18N4O5/c1-9-13(10(2)23)14(11-6-5-7-12(8-11)22(26)27)15-16(19-9)20(3)18(25)21(4)17(15)24/h5-8,14,19H,1-4H3. The molecule has 1 unspecified atom stereocenters. The number of nitro groups is 1. The third-order valence-corrected chi connectivity index (χ3v) is 4.78. The maximum absolute atomic E-state index is 12.9. The van der Waals surface area contributed by atoms with Gasteiger partial charge in [0.1, 0.15) is 5.82 Å². The fourth-order valence-corrected chi connectivity index (χ4v) is 3.51. The van der Waals surface area contributed by atoms with Crippen molar-refractivity contribution in [1.82, 2.24) is 9.13 Å². The summed E-state index contributed by atoms with van der Waals surface area (Å²) in [6, 6.07) is 5.83. The molecule has 0 radical (unpaired) electrons. The Bertz CT molecular complexity index is 1140. The van der Waals surface area contributed by atoms with Crippen molar-refractivity contribution in [3.05, 3.63) is 77.6 Å². The number of fused-ring (bicyclic) bond motifs is 1. The van der Waals surface area contributed by atoms with E-state index in [1.807, 2.05) is 0 Å². The maximum Gasteiger partial charge on any atom is 0.332 e. The van der Waals surface area contributed by atoms with Crippen molar-refractivity contribution in [2.45, 2.75) is 19.8 Å². The molecule has 3 rings (SSSR count). The van der Waals surface area contributed by atoms with E-state index in [0.29, 0.717) is 16.8 Å². The lowest BCUT2D eigenvalue weighted by Crippen LogP contribution is -2.43. The third-order valence-electron chi connectivity index (χ3n) is 4.78. The number of allylic oxidation sites excluding steroid dienone is 2. The van der Waals surface area contributed by atoms with Crippen LogP contribution in [0.3, 0.4) is 0 Å². The Morgan fingerprint density at radius 2 is 1.89 bits per heavy atom. The lowest BCUT2D eigenvalue weighted by atomic mass is 9.80. The molecule has 0 fully saturated rings. The van der Waals surface area contributed by atoms with Crippen molar-refractivity contribution < 1.29 is 9.72 Å². The van der Waals surface area contributed by atoms with E-state index < -0.39 is 22.1 Å². The first-order valence-corrected chi connectivity index (χ1v) is 8.18. The molecule has 140 valence electrons. The number of anilines is 1. The Morgan fingerprint density at radius 1 is 1.22 bits per heavy atom. The first kappa shape index (κ1) is 18.3. The zero-order chi connectivity index (χ0) is 20.0. The SMILES string of the molecule is CC(=O)C1=C(C)Nc2c(c(=O)n(C)c(=O)n2C)C1c1cccc([N+](=O)[O-])c1. The van der Waals surface area contributed by atoms with Gasteiger partial charge in [0.2, 0.25) is 0 Å². The van der Waals surface area contributed by atoms with Gasteiger partial charge in [0.25, 0.3) is 11.2 Å². The van der Waals surface area contributed by atoms with Crippen LogP contribution in [0.4, 0.5) is 11.5 Å². The minimum Gasteiger partial charge on any atom is -0.344 e. The molecule has 0 spiro atoms. The number of Topliss-reactive ketones (excluding diaryl/α,β-unsaturated/α-hetero) is 1. The molecule has 0 saturated heterocycles. The lowest BCUT2D eigenvalue weighted by Gasteiger charge is -2.30. The van der Waals surface area contributed by atoms with Gasteiger partial charge >= 0.3 is 5.69 Å². The summed E-state index contributed by atoms with van der Waals surface area (Å²) in [5, 5.41) is 14.2. The highest BCUT2D eigenvalue weighted by atomic mass is 16.6. The Labute approximate surface area is 153 Å². The first-order chi connectivity index (χ1) is 12.6. The number of nitrogens with zero attached hydrogens (tertiary/aromatic N) is 3. The van der Waals surface area contributed by atoms with Gasteiger partial charge in [-0.2, -0.15) is 0 Å². The Kier molecular flexibility index (Phi) is 4.30. The summed E-state index contributed by atoms with van der Waals surface area (Å²) < 4.78 is 2.25. The van der Waals surface area contributed by atoms with Crippen LogP contribution in [-0.4, -0.2) is 19.8 Å². The number of non-ortho nitro benzene ring substituents is 1. The number of carbonyl (C=O) groups is 1. The smallest absolute Gasteiger partial charge is 0.332 e. The number of nitrogens with one attached hydrogen (secondary N) is 1. The fraction of sp³-hybridized carbons (Fsp3) is 0.278. The van der Waals surface area contributed by atoms with Crippen LogP contribution < -0.4 is 16.6 Å². The molecule has 27 heavy (non-hydrogen) atoms. The Morgan fingerprint density at radius 3 is 2.48 bits per heavy atom. The molecule has 0 amide bonds. The van der Waals surface area contributed by atoms with E-state index in [0.717, 1.165) is 4.57 Å². The van der Waals surface area contributed by atoms with Crippen LogP contribution in [0.25, 0.3) is 0 Å². The molecule has 0 aliphatic carbocycles. The van der Waals surface area contributed by atoms with Crippen molar-refractivity contribution in [3.63, 3.8) is 0 Å². The topological polar surface area (TPSA) is 116 Å². The van der Waals surface area contributed by atoms with Crippen LogP contribution >= 0.6 is 0 Å². The highest BCUT2D eigenvalue weighted by Crippen LogP contribution is 2.40. The zero-order valence-corrected chi connectivity index (χ0v) is 15.3. The van der Waals surface area contributed by atoms with Crippen LogP contribution in [-0.2, 0) is 18.9 Å². The van der Waals surface area contributed by atoms with Crippen LogP contribution in [0.15, 0.2) is 45.1 Å². The molecule has 0 bridgehead atoms. The minimum absolute atomic E-state index is 0.144. The first-order valence-electron chi connectivity index (χ1n) is 8.18. The monoisotopic (exact) mass is 370 g/mol. The number of aromatic nitrogens is 2. The van der Waals surface area contributed by atoms with Gasteiger partial charge in [0, 0.05) is 43.4 Å². The largest absolute Gasteiger partial charge is 0.344 e. The van der Waals surface area contributed by atoms with Gasteiger partial charge in [-0.1, -0.05) is 12.1 Å². The average Bonchev–Trinajstić information content (AvgIpc) is 2.63. The molecule has 1 N–H and O–H groups in total. The van der Waals surface area contributed by atoms with Gasteiger partial charge in [0.05, 0.1) is 10.5 Å². The Hall–Kier alpha value is -3.49. The second-order valence-corrected chi connectivity index (χ2v) is 6.47. The van der Waals surface area contributed by atoms with E-state index in [2.05, 4.69) is 5.32 Å². The van der Waals surface area contributed by atoms with E-state index in [1.165, 1.54) is 43.8 Å². The second kappa shape index (κ2) is 6.35. The third kappa shape index (κ3) is 2.77. The molecule has 1 aromatic carbocycles. The summed E-state index contributed by atoms with van der Waals surface area (Å²) in [5.41, 5.74) is 0.262. The lowest BCUT2D eigenvalue weighted by molar-refractivity contribution is -0.384. The summed E-state index contributed by atoms with van der Waals surface area (Å²) >= 11 is 0. The molecule has 9 heteroatoms. The van der Waals surface area contributed by atoms with Crippen molar-refractivity contribution in [3.8, 4) is 0 Å². The molecule has 1 atom stereocenters. The van der Waals surface area contributed by atoms with E-state index in [4.69, 9.17) is 0 Å². The van der Waals surface area contributed by atoms with Crippen LogP contribution in [0.5, 0.6) is 0 Å². The predicted octanol–water partition coefficient (Wildman–Crippen LogP) is 1.41. The summed E-state index contributed by atoms with van der Waals surface area (Å²) in [5.74, 6) is -0.802. The number of nitro benzene ring substituents is 1. The van der Waals surface area contributed by atoms with Crippen molar-refractivity contribution >= 4 is 17.3 Å². The van der Waals surface area contributed by atoms with Gasteiger partial charge in [-0.05, 0) is 19.4 Å². The van der Waals surface area contributed by atoms with Gasteiger partial charge in [-0.15, -0.1) is 0 Å². The maximum atomic E-state index is 12.9. The average molecular weight is 370 g/mol. The van der Waals surface area contributed by atoms with Gasteiger partial charge in [0.15, 0.2) is 5.78 Å². The summed E-state index contributed by atoms with van der Waals surface area (Å²) in [7, 11) is 2.87. The van der Waals surface area contributed by atoms with Gasteiger partial charge < -0.3 is 5.32 Å². The normalized spacial score (nSPS) is 15.9. The molecular weight excluding hydrogens is 352 g/mol. The zero-order valence-electron chi connectivity index (χ0n) is 15.3. The molecule has 9 nitrogen and oxygen atoms in total. The van der Waals surface area contributed by atoms with E-state index in [1.54, 1.807) is 13.0 Å². The predicted molar refractivity (Wildman–Crippen MR) is 98.9 cm³/mol. The van der Waals surface area contributed by atoms with Crippen LogP contribution in [0, 0.1) is 10.1 Å². The summed E-state index contributed by atoms with van der Waals surface area (Å²) in [4.78, 5) is 48.2. The second-order valence-electron chi connectivity index (χ2n) is 6.47. The number of rotatable bonds is 3. The van der Waals surface area contributed by atoms with E-state index in [-0.39, 0.29) is 22.9 Å². The summed E-state index contributed by atoms with van der Waals surface area (Å²) in [6.45, 7) is 3.05. The molecule has 2 aromatic rings. The number of hydrogen-bond acceptors (Lipinski definition) is 6. The van der Waals surface area contributed by atoms with Gasteiger partial charge in [-0.25, -0.2) is 4.79 Å². The highest BCUT2D eigenvalue weighted by molar-refractivity contribution is 5.98. The molecule has 0 saturated carbocycles. The van der Waals surface area contributed by atoms with Crippen molar-refractivity contribution in [2.24, 2.45) is 14.1 Å². The van der Waals surface area contributed by atoms with Crippen LogP contribution in [0.2, 0.25) is 0 Å². The van der Waals surface area contributed by atoms with Crippen molar-refractivity contribution in [1.29, 1.82) is 0 Å². The molecule has 1 aromatic heterocycles. The quantitative estimate of drug-likeness (QED) is 0.645. The van der Waals surface area contributed by atoms with Crippen LogP contribution in [0.1, 0.15) is 30.9 Å². The highest BCUT2D eigenvalue weighted by Gasteiger charge is 2.35. The minimum atomic E-state index is -0.816. The van der Waals surface area contributed by atoms with E-state index in [9.17, 15) is 24.5 Å². The summed E-state index contributed by atoms with van der Waals surface area (Å²) in [6.07, 6.45) is 0. The van der Waals surface area contributed by atoms with Crippen molar-refractivity contribution in [2.75, 3.05) is 5.32 Å². The fourth-order valence-electron chi connectivity index (χ4n) is 3.51. The Balaban J connectivity index is 2.43. The number of benzene rings is 1. The molecular formula is C18H18N4O5. The number of ketones is 1. The number of carbonyl (C=O) groups excluding carboxylic acids is 1. The van der Waals surface area contributed by atoms with Gasteiger partial charge in [-0.3, -0.25) is 28.8 Å². The molecule has 2 heterocycles. The van der Waals surface area contributed by atoms with E-state index >= 15 is 0 Å². The number of hydrogen-bond donors (Lipinski definition) is 1.